The van der Waals surface area contributed by atoms with E-state index in [1.54, 1.807) is 0 Å². The molecule has 31 heavy (non-hydrogen) atoms. The fourth-order valence-corrected chi connectivity index (χ4v) is 5.37. The summed E-state index contributed by atoms with van der Waals surface area (Å²) in [7, 11) is 1.37. The second-order valence-electron chi connectivity index (χ2n) is 8.03. The number of hydrogen-bond donors (Lipinski definition) is 2. The number of thiocarbonyl (C=S) groups is 1. The predicted octanol–water partition coefficient (Wildman–Crippen LogP) is 4.67. The van der Waals surface area contributed by atoms with Gasteiger partial charge in [-0.1, -0.05) is 39.0 Å². The lowest BCUT2D eigenvalue weighted by Gasteiger charge is -2.18. The first-order valence-electron chi connectivity index (χ1n) is 10.4. The topological polar surface area (TPSA) is 76.7 Å². The van der Waals surface area contributed by atoms with Crippen molar-refractivity contribution in [2.45, 2.75) is 46.0 Å². The number of hydrogen-bond acceptors (Lipinski definition) is 6. The average Bonchev–Trinajstić information content (AvgIpc) is 3.08. The van der Waals surface area contributed by atoms with Gasteiger partial charge in [-0.05, 0) is 60.5 Å². The van der Waals surface area contributed by atoms with Crippen molar-refractivity contribution in [3.05, 3.63) is 45.8 Å². The lowest BCUT2D eigenvalue weighted by atomic mass is 9.88. The molecule has 1 amide bonds. The number of fused-ring (bicyclic) bond motifs is 1. The van der Waals surface area contributed by atoms with E-state index >= 15 is 0 Å². The molecule has 1 aliphatic rings. The van der Waals surface area contributed by atoms with E-state index in [1.165, 1.54) is 23.3 Å². The maximum atomic E-state index is 12.4. The third kappa shape index (κ3) is 5.62. The number of ether oxygens (including phenoxy) is 2. The van der Waals surface area contributed by atoms with Crippen LogP contribution in [0.5, 0.6) is 5.75 Å². The number of esters is 1. The third-order valence-corrected chi connectivity index (χ3v) is 6.65. The molecule has 0 bridgehead atoms. The van der Waals surface area contributed by atoms with Gasteiger partial charge in [0.25, 0.3) is 5.91 Å². The van der Waals surface area contributed by atoms with Gasteiger partial charge in [0.2, 0.25) is 0 Å². The van der Waals surface area contributed by atoms with Gasteiger partial charge in [0.05, 0.1) is 12.7 Å². The summed E-state index contributed by atoms with van der Waals surface area (Å²) >= 11 is 6.81. The minimum Gasteiger partial charge on any atom is -0.483 e. The molecule has 1 atom stereocenters. The van der Waals surface area contributed by atoms with Gasteiger partial charge < -0.3 is 14.8 Å². The lowest BCUT2D eigenvalue weighted by Crippen LogP contribution is -2.37. The van der Waals surface area contributed by atoms with E-state index in [-0.39, 0.29) is 23.5 Å². The smallest absolute Gasteiger partial charge is 0.341 e. The molecule has 166 valence electrons. The largest absolute Gasteiger partial charge is 0.483 e. The van der Waals surface area contributed by atoms with E-state index in [1.807, 2.05) is 24.3 Å². The zero-order valence-electron chi connectivity index (χ0n) is 18.2. The monoisotopic (exact) mass is 460 g/mol. The summed E-state index contributed by atoms with van der Waals surface area (Å²) in [5.74, 6) is 0.774. The van der Waals surface area contributed by atoms with Crippen LogP contribution in [0.2, 0.25) is 0 Å². The minimum absolute atomic E-state index is 0.127. The van der Waals surface area contributed by atoms with Gasteiger partial charge in [0.15, 0.2) is 11.7 Å². The van der Waals surface area contributed by atoms with E-state index in [4.69, 9.17) is 21.7 Å². The van der Waals surface area contributed by atoms with Crippen molar-refractivity contribution in [1.82, 2.24) is 5.32 Å². The van der Waals surface area contributed by atoms with E-state index in [0.717, 1.165) is 30.4 Å². The van der Waals surface area contributed by atoms with E-state index in [9.17, 15) is 9.59 Å². The van der Waals surface area contributed by atoms with E-state index in [0.29, 0.717) is 22.2 Å². The van der Waals surface area contributed by atoms with Gasteiger partial charge in [0, 0.05) is 4.88 Å². The first-order valence-corrected chi connectivity index (χ1v) is 11.6. The number of anilines is 1. The number of amides is 1. The Morgan fingerprint density at radius 3 is 2.74 bits per heavy atom. The lowest BCUT2D eigenvalue weighted by molar-refractivity contribution is -0.121. The molecule has 0 fully saturated rings. The van der Waals surface area contributed by atoms with Crippen molar-refractivity contribution in [1.29, 1.82) is 0 Å². The maximum absolute atomic E-state index is 12.4. The van der Waals surface area contributed by atoms with Crippen molar-refractivity contribution in [2.75, 3.05) is 19.0 Å². The fourth-order valence-electron chi connectivity index (χ4n) is 3.69. The van der Waals surface area contributed by atoms with Crippen LogP contribution >= 0.6 is 23.6 Å². The first kappa shape index (κ1) is 23.2. The molecule has 0 radical (unpaired) electrons. The number of methoxy groups -OCH3 is 1. The molecule has 1 aromatic heterocycles. The summed E-state index contributed by atoms with van der Waals surface area (Å²) in [4.78, 5) is 25.9. The second kappa shape index (κ2) is 10.2. The average molecular weight is 461 g/mol. The van der Waals surface area contributed by atoms with Crippen LogP contribution in [-0.2, 0) is 22.4 Å². The molecule has 0 aliphatic heterocycles. The summed E-state index contributed by atoms with van der Waals surface area (Å²) in [6.07, 6.45) is 2.79. The molecule has 2 aromatic rings. The van der Waals surface area contributed by atoms with Gasteiger partial charge >= 0.3 is 5.97 Å². The van der Waals surface area contributed by atoms with Crippen molar-refractivity contribution in [3.63, 3.8) is 0 Å². The molecule has 3 rings (SSSR count). The highest BCUT2D eigenvalue weighted by Crippen LogP contribution is 2.40. The molecule has 1 heterocycles. The molecule has 0 saturated heterocycles. The summed E-state index contributed by atoms with van der Waals surface area (Å²) < 4.78 is 10.7. The van der Waals surface area contributed by atoms with Crippen LogP contribution in [0.15, 0.2) is 24.3 Å². The highest BCUT2D eigenvalue weighted by Gasteiger charge is 2.28. The number of rotatable bonds is 6. The van der Waals surface area contributed by atoms with E-state index in [2.05, 4.69) is 31.4 Å². The SMILES string of the molecule is COC(=O)c1c(NC(=S)NC(=O)COc2ccccc2C(C)C)sc2c1CCC(C)C2. The molecule has 1 unspecified atom stereocenters. The van der Waals surface area contributed by atoms with Crippen LogP contribution in [0, 0.1) is 5.92 Å². The zero-order chi connectivity index (χ0) is 22.5. The summed E-state index contributed by atoms with van der Waals surface area (Å²) in [6, 6.07) is 7.65. The highest BCUT2D eigenvalue weighted by atomic mass is 32.1. The Labute approximate surface area is 192 Å². The molecular weight excluding hydrogens is 432 g/mol. The summed E-state index contributed by atoms with van der Waals surface area (Å²) in [5, 5.41) is 6.39. The van der Waals surface area contributed by atoms with Crippen molar-refractivity contribution in [2.24, 2.45) is 5.92 Å². The van der Waals surface area contributed by atoms with Crippen molar-refractivity contribution >= 4 is 45.5 Å². The Bertz CT molecular complexity index is 984. The number of carbonyl (C=O) groups excluding carboxylic acids is 2. The van der Waals surface area contributed by atoms with Crippen LogP contribution in [0.3, 0.4) is 0 Å². The Balaban J connectivity index is 1.64. The zero-order valence-corrected chi connectivity index (χ0v) is 19.9. The molecular formula is C23H28N2O4S2. The summed E-state index contributed by atoms with van der Waals surface area (Å²) in [5.41, 5.74) is 2.59. The Morgan fingerprint density at radius 2 is 2.03 bits per heavy atom. The quantitative estimate of drug-likeness (QED) is 0.482. The maximum Gasteiger partial charge on any atom is 0.341 e. The number of nitrogens with one attached hydrogen (secondary N) is 2. The standard InChI is InChI=1S/C23H28N2O4S2/c1-13(2)15-7-5-6-8-17(15)29-12-19(26)24-23(30)25-21-20(22(27)28-4)16-10-9-14(3)11-18(16)31-21/h5-8,13-14H,9-12H2,1-4H3,(H2,24,25,26,30). The number of thiophene rings is 1. The Morgan fingerprint density at radius 1 is 1.29 bits per heavy atom. The number of carbonyl (C=O) groups is 2. The first-order chi connectivity index (χ1) is 14.8. The highest BCUT2D eigenvalue weighted by molar-refractivity contribution is 7.80. The Kier molecular flexibility index (Phi) is 7.67. The molecule has 6 nitrogen and oxygen atoms in total. The van der Waals surface area contributed by atoms with Crippen molar-refractivity contribution < 1.29 is 19.1 Å². The van der Waals surface area contributed by atoms with Crippen LogP contribution in [0.1, 0.15) is 59.5 Å². The predicted molar refractivity (Wildman–Crippen MR) is 127 cm³/mol. The van der Waals surface area contributed by atoms with Crippen LogP contribution in [0.4, 0.5) is 5.00 Å². The van der Waals surface area contributed by atoms with Gasteiger partial charge in [-0.15, -0.1) is 11.3 Å². The third-order valence-electron chi connectivity index (χ3n) is 5.28. The van der Waals surface area contributed by atoms with Crippen LogP contribution in [0.25, 0.3) is 0 Å². The number of benzene rings is 1. The molecule has 0 spiro atoms. The minimum atomic E-state index is -0.391. The summed E-state index contributed by atoms with van der Waals surface area (Å²) in [6.45, 7) is 6.19. The molecule has 1 aromatic carbocycles. The molecule has 1 aliphatic carbocycles. The molecule has 0 saturated carbocycles. The molecule has 2 N–H and O–H groups in total. The van der Waals surface area contributed by atoms with Crippen LogP contribution in [-0.4, -0.2) is 30.7 Å². The number of para-hydroxylation sites is 1. The van der Waals surface area contributed by atoms with Crippen molar-refractivity contribution in [3.8, 4) is 5.75 Å². The van der Waals surface area contributed by atoms with Crippen LogP contribution < -0.4 is 15.4 Å². The normalized spacial score (nSPS) is 15.2. The van der Waals surface area contributed by atoms with Gasteiger partial charge in [-0.25, -0.2) is 4.79 Å². The Hall–Kier alpha value is -2.45. The fraction of sp³-hybridized carbons (Fsp3) is 0.435. The van der Waals surface area contributed by atoms with E-state index < -0.39 is 5.97 Å². The van der Waals surface area contributed by atoms with Gasteiger partial charge in [0.1, 0.15) is 10.8 Å². The second-order valence-corrected chi connectivity index (χ2v) is 9.54. The van der Waals surface area contributed by atoms with Gasteiger partial charge in [-0.2, -0.15) is 0 Å². The van der Waals surface area contributed by atoms with Gasteiger partial charge in [-0.3, -0.25) is 10.1 Å². The molecule has 8 heteroatoms.